The van der Waals surface area contributed by atoms with Gasteiger partial charge >= 0.3 is 5.97 Å². The summed E-state index contributed by atoms with van der Waals surface area (Å²) in [5.41, 5.74) is 0. The van der Waals surface area contributed by atoms with Gasteiger partial charge in [0.2, 0.25) is 0 Å². The summed E-state index contributed by atoms with van der Waals surface area (Å²) < 4.78 is 0. The van der Waals surface area contributed by atoms with Gasteiger partial charge in [0.15, 0.2) is 0 Å². The van der Waals surface area contributed by atoms with E-state index in [0.29, 0.717) is 0 Å². The number of carboxylic acid groups (broad SMARTS) is 1. The molecule has 1 saturated carbocycles. The Hall–Kier alpha value is -0.870. The smallest absolute Gasteiger partial charge is 0.307 e. The molecule has 0 aromatic carbocycles. The zero-order valence-corrected chi connectivity index (χ0v) is 7.09. The van der Waals surface area contributed by atoms with Crippen molar-refractivity contribution >= 4 is 5.97 Å². The lowest BCUT2D eigenvalue weighted by molar-refractivity contribution is -0.254. The van der Waals surface area contributed by atoms with Gasteiger partial charge in [0.1, 0.15) is 0 Å². The molecule has 4 atom stereocenters. The van der Waals surface area contributed by atoms with E-state index < -0.39 is 5.97 Å². The van der Waals surface area contributed by atoms with Gasteiger partial charge in [-0.05, 0) is 18.3 Å². The Morgan fingerprint density at radius 2 is 2.15 bits per heavy atom. The Bertz CT molecular complexity index is 248. The molecule has 0 saturated heterocycles. The minimum atomic E-state index is -0.779. The fourth-order valence-electron chi connectivity index (χ4n) is 2.60. The van der Waals surface area contributed by atoms with E-state index in [1.54, 1.807) is 0 Å². The van der Waals surface area contributed by atoms with E-state index in [1.807, 2.05) is 12.2 Å². The van der Waals surface area contributed by atoms with Crippen molar-refractivity contribution in [2.24, 2.45) is 23.7 Å². The molecule has 4 nitrogen and oxygen atoms in total. The normalized spacial score (nSPS) is 41.3. The van der Waals surface area contributed by atoms with E-state index in [4.69, 9.17) is 10.4 Å². The van der Waals surface area contributed by atoms with Crippen molar-refractivity contribution in [3.8, 4) is 0 Å². The molecule has 2 N–H and O–H groups in total. The molecular weight excluding hydrogens is 172 g/mol. The number of hydrogen-bond acceptors (Lipinski definition) is 3. The molecule has 2 aliphatic carbocycles. The van der Waals surface area contributed by atoms with Crippen LogP contribution in [0.3, 0.4) is 0 Å². The average Bonchev–Trinajstić information content (AvgIpc) is 2.63. The topological polar surface area (TPSA) is 66.8 Å². The van der Waals surface area contributed by atoms with Crippen LogP contribution in [-0.2, 0) is 9.68 Å². The second-order valence-corrected chi connectivity index (χ2v) is 3.77. The van der Waals surface area contributed by atoms with Gasteiger partial charge in [-0.3, -0.25) is 10.1 Å². The van der Waals surface area contributed by atoms with Crippen LogP contribution in [0.1, 0.15) is 6.42 Å². The first-order chi connectivity index (χ1) is 6.24. The lowest BCUT2D eigenvalue weighted by Gasteiger charge is -2.22. The summed E-state index contributed by atoms with van der Waals surface area (Å²) in [5, 5.41) is 17.3. The summed E-state index contributed by atoms with van der Waals surface area (Å²) in [4.78, 5) is 15.0. The van der Waals surface area contributed by atoms with E-state index in [2.05, 4.69) is 4.89 Å². The van der Waals surface area contributed by atoms with Crippen LogP contribution in [-0.4, -0.2) is 22.9 Å². The Morgan fingerprint density at radius 1 is 1.46 bits per heavy atom. The first-order valence-electron chi connectivity index (χ1n) is 4.41. The molecule has 0 aliphatic heterocycles. The Morgan fingerprint density at radius 3 is 2.77 bits per heavy atom. The Kier molecular flexibility index (Phi) is 2.09. The van der Waals surface area contributed by atoms with E-state index >= 15 is 0 Å². The van der Waals surface area contributed by atoms with Crippen molar-refractivity contribution in [2.75, 3.05) is 6.61 Å². The summed E-state index contributed by atoms with van der Waals surface area (Å²) in [7, 11) is 0. The van der Waals surface area contributed by atoms with Crippen molar-refractivity contribution in [2.45, 2.75) is 6.42 Å². The van der Waals surface area contributed by atoms with Crippen molar-refractivity contribution in [1.29, 1.82) is 0 Å². The minimum absolute atomic E-state index is 0.0579. The third kappa shape index (κ3) is 1.26. The first-order valence-corrected chi connectivity index (χ1v) is 4.41. The van der Waals surface area contributed by atoms with E-state index in [1.165, 1.54) is 0 Å². The molecule has 2 aliphatic rings. The predicted octanol–water partition coefficient (Wildman–Crippen LogP) is 0.999. The average molecular weight is 184 g/mol. The van der Waals surface area contributed by atoms with Gasteiger partial charge in [-0.1, -0.05) is 12.2 Å². The monoisotopic (exact) mass is 184 g/mol. The van der Waals surface area contributed by atoms with Crippen LogP contribution in [0, 0.1) is 23.7 Å². The van der Waals surface area contributed by atoms with Crippen molar-refractivity contribution in [1.82, 2.24) is 0 Å². The minimum Gasteiger partial charge on any atom is -0.481 e. The van der Waals surface area contributed by atoms with Gasteiger partial charge in [0, 0.05) is 5.92 Å². The van der Waals surface area contributed by atoms with Crippen molar-refractivity contribution in [3.05, 3.63) is 12.2 Å². The summed E-state index contributed by atoms with van der Waals surface area (Å²) >= 11 is 0. The highest BCUT2D eigenvalue weighted by Gasteiger charge is 2.48. The Balaban J connectivity index is 2.15. The summed E-state index contributed by atoms with van der Waals surface area (Å²) in [6.07, 6.45) is 4.90. The number of allylic oxidation sites excluding steroid dienone is 2. The quantitative estimate of drug-likeness (QED) is 0.390. The van der Waals surface area contributed by atoms with Gasteiger partial charge in [-0.2, -0.15) is 0 Å². The second kappa shape index (κ2) is 3.12. The molecule has 13 heavy (non-hydrogen) atoms. The first kappa shape index (κ1) is 8.72. The van der Waals surface area contributed by atoms with Crippen LogP contribution in [0.2, 0.25) is 0 Å². The molecule has 72 valence electrons. The molecule has 0 heterocycles. The van der Waals surface area contributed by atoms with E-state index in [0.717, 1.165) is 6.42 Å². The number of hydrogen-bond donors (Lipinski definition) is 2. The number of carboxylic acids is 1. The van der Waals surface area contributed by atoms with Crippen LogP contribution >= 0.6 is 0 Å². The molecule has 2 rings (SSSR count). The van der Waals surface area contributed by atoms with Crippen molar-refractivity contribution < 1.29 is 20.0 Å². The molecule has 4 heteroatoms. The third-order valence-electron chi connectivity index (χ3n) is 3.17. The van der Waals surface area contributed by atoms with Crippen LogP contribution in [0.15, 0.2) is 12.2 Å². The van der Waals surface area contributed by atoms with Gasteiger partial charge in [-0.25, -0.2) is 4.89 Å². The van der Waals surface area contributed by atoms with Crippen LogP contribution in [0.4, 0.5) is 0 Å². The molecule has 4 unspecified atom stereocenters. The molecule has 0 aromatic rings. The maximum absolute atomic E-state index is 10.9. The highest BCUT2D eigenvalue weighted by molar-refractivity contribution is 5.72. The standard InChI is InChI=1S/C9H12O4/c10-9(11)8-6-2-1-5(3-6)7(8)4-13-12/h1-2,5-8,12H,3-4H2,(H,10,11). The SMILES string of the molecule is O=C(O)C1C2C=CC(C2)C1COO. The number of fused-ring (bicyclic) bond motifs is 2. The molecule has 0 aromatic heterocycles. The Labute approximate surface area is 75.8 Å². The summed E-state index contributed by atoms with van der Waals surface area (Å²) in [6, 6.07) is 0. The molecule has 0 spiro atoms. The fraction of sp³-hybridized carbons (Fsp3) is 0.667. The number of rotatable bonds is 3. The molecule has 0 amide bonds. The largest absolute Gasteiger partial charge is 0.481 e. The van der Waals surface area contributed by atoms with Gasteiger partial charge in [0.05, 0.1) is 12.5 Å². The van der Waals surface area contributed by atoms with Crippen LogP contribution in [0.5, 0.6) is 0 Å². The maximum atomic E-state index is 10.9. The maximum Gasteiger partial charge on any atom is 0.307 e. The third-order valence-corrected chi connectivity index (χ3v) is 3.17. The highest BCUT2D eigenvalue weighted by Crippen LogP contribution is 2.47. The number of aliphatic carboxylic acids is 1. The van der Waals surface area contributed by atoms with Gasteiger partial charge < -0.3 is 5.11 Å². The van der Waals surface area contributed by atoms with Crippen LogP contribution in [0.25, 0.3) is 0 Å². The molecule has 2 bridgehead atoms. The summed E-state index contributed by atoms with van der Waals surface area (Å²) in [6.45, 7) is 0.127. The van der Waals surface area contributed by atoms with Gasteiger partial charge in [-0.15, -0.1) is 0 Å². The van der Waals surface area contributed by atoms with E-state index in [9.17, 15) is 4.79 Å². The van der Waals surface area contributed by atoms with Crippen LogP contribution < -0.4 is 0 Å². The number of carbonyl (C=O) groups is 1. The fourth-order valence-corrected chi connectivity index (χ4v) is 2.60. The van der Waals surface area contributed by atoms with Crippen molar-refractivity contribution in [3.63, 3.8) is 0 Å². The zero-order valence-electron chi connectivity index (χ0n) is 7.09. The molecule has 0 radical (unpaired) electrons. The summed E-state index contributed by atoms with van der Waals surface area (Å²) in [5.74, 6) is -0.792. The molecule has 1 fully saturated rings. The lowest BCUT2D eigenvalue weighted by atomic mass is 9.84. The highest BCUT2D eigenvalue weighted by atomic mass is 17.1. The molecular formula is C9H12O4. The second-order valence-electron chi connectivity index (χ2n) is 3.77. The zero-order chi connectivity index (χ0) is 9.42. The van der Waals surface area contributed by atoms with Gasteiger partial charge in [0.25, 0.3) is 0 Å². The predicted molar refractivity (Wildman–Crippen MR) is 43.9 cm³/mol. The lowest BCUT2D eigenvalue weighted by Crippen LogP contribution is -2.30. The van der Waals surface area contributed by atoms with E-state index in [-0.39, 0.29) is 30.3 Å².